The Hall–Kier alpha value is -1.22. The van der Waals surface area contributed by atoms with Crippen molar-refractivity contribution in [3.8, 4) is 0 Å². The van der Waals surface area contributed by atoms with E-state index >= 15 is 0 Å². The standard InChI is InChI=1S/C25H49NO7/c1-2-3-4-5-6-7-8-9-10-11-12-13-14-16-30-18-20-32-21-19-31-17-15-26-24(27)22-33-23-25(28)29/h2-23H2,1H3,(H,26,27)(H,28,29). The largest absolute Gasteiger partial charge is 0.480 e. The minimum atomic E-state index is -1.10. The number of aliphatic carboxylic acids is 1. The SMILES string of the molecule is CCCCCCCCCCCCCCCOCCOCCOCCNC(=O)COCC(=O)O. The van der Waals surface area contributed by atoms with E-state index < -0.39 is 12.6 Å². The number of nitrogens with one attached hydrogen (secondary N) is 1. The highest BCUT2D eigenvalue weighted by molar-refractivity contribution is 5.77. The second kappa shape index (κ2) is 27.0. The van der Waals surface area contributed by atoms with Gasteiger partial charge in [-0.2, -0.15) is 0 Å². The van der Waals surface area contributed by atoms with Gasteiger partial charge in [-0.1, -0.05) is 84.0 Å². The predicted molar refractivity (Wildman–Crippen MR) is 130 cm³/mol. The molecule has 0 radical (unpaired) electrons. The Balaban J connectivity index is 3.09. The number of carbonyl (C=O) groups excluding carboxylic acids is 1. The third-order valence-corrected chi connectivity index (χ3v) is 5.16. The molecule has 0 fully saturated rings. The van der Waals surface area contributed by atoms with Crippen molar-refractivity contribution < 1.29 is 33.6 Å². The smallest absolute Gasteiger partial charge is 0.329 e. The van der Waals surface area contributed by atoms with Crippen molar-refractivity contribution in [2.24, 2.45) is 0 Å². The van der Waals surface area contributed by atoms with Crippen molar-refractivity contribution in [2.75, 3.05) is 59.4 Å². The zero-order chi connectivity index (χ0) is 24.2. The molecule has 0 unspecified atom stereocenters. The fraction of sp³-hybridized carbons (Fsp3) is 0.920. The van der Waals surface area contributed by atoms with Crippen LogP contribution in [0.25, 0.3) is 0 Å². The first kappa shape index (κ1) is 31.8. The number of unbranched alkanes of at least 4 members (excludes halogenated alkanes) is 12. The zero-order valence-corrected chi connectivity index (χ0v) is 21.0. The number of rotatable bonds is 27. The maximum atomic E-state index is 11.3. The van der Waals surface area contributed by atoms with Gasteiger partial charge in [0, 0.05) is 13.2 Å². The molecule has 8 nitrogen and oxygen atoms in total. The van der Waals surface area contributed by atoms with E-state index in [2.05, 4.69) is 17.0 Å². The van der Waals surface area contributed by atoms with Crippen molar-refractivity contribution in [3.63, 3.8) is 0 Å². The molecule has 1 amide bonds. The summed E-state index contributed by atoms with van der Waals surface area (Å²) in [4.78, 5) is 21.6. The number of carbonyl (C=O) groups is 2. The van der Waals surface area contributed by atoms with E-state index in [1.807, 2.05) is 0 Å². The summed E-state index contributed by atoms with van der Waals surface area (Å²) < 4.78 is 21.1. The van der Waals surface area contributed by atoms with E-state index in [9.17, 15) is 9.59 Å². The lowest BCUT2D eigenvalue weighted by Gasteiger charge is -2.08. The summed E-state index contributed by atoms with van der Waals surface area (Å²) in [5.74, 6) is -1.46. The highest BCUT2D eigenvalue weighted by Crippen LogP contribution is 2.12. The Labute approximate surface area is 201 Å². The average Bonchev–Trinajstić information content (AvgIpc) is 2.79. The molecule has 0 aliphatic carbocycles. The maximum absolute atomic E-state index is 11.3. The minimum absolute atomic E-state index is 0.269. The fourth-order valence-corrected chi connectivity index (χ4v) is 3.31. The molecule has 33 heavy (non-hydrogen) atoms. The van der Waals surface area contributed by atoms with Crippen LogP contribution in [0.3, 0.4) is 0 Å². The van der Waals surface area contributed by atoms with E-state index in [0.29, 0.717) is 39.6 Å². The molecule has 2 N–H and O–H groups in total. The van der Waals surface area contributed by atoms with Gasteiger partial charge in [-0.15, -0.1) is 0 Å². The van der Waals surface area contributed by atoms with Crippen LogP contribution in [0.5, 0.6) is 0 Å². The molecule has 0 aromatic rings. The van der Waals surface area contributed by atoms with Gasteiger partial charge in [0.15, 0.2) is 0 Å². The number of hydrogen-bond donors (Lipinski definition) is 2. The molecule has 0 atom stereocenters. The summed E-state index contributed by atoms with van der Waals surface area (Å²) in [6, 6.07) is 0. The molecule has 0 aromatic heterocycles. The Kier molecular flexibility index (Phi) is 26.0. The van der Waals surface area contributed by atoms with E-state index in [4.69, 9.17) is 19.3 Å². The molecule has 0 aliphatic heterocycles. The first-order valence-electron chi connectivity index (χ1n) is 13.0. The van der Waals surface area contributed by atoms with Gasteiger partial charge in [-0.25, -0.2) is 4.79 Å². The topological polar surface area (TPSA) is 103 Å². The van der Waals surface area contributed by atoms with Crippen molar-refractivity contribution >= 4 is 11.9 Å². The third-order valence-electron chi connectivity index (χ3n) is 5.16. The molecular formula is C25H49NO7. The Morgan fingerprint density at radius 1 is 0.576 bits per heavy atom. The van der Waals surface area contributed by atoms with E-state index in [0.717, 1.165) is 13.0 Å². The lowest BCUT2D eigenvalue weighted by Crippen LogP contribution is -2.31. The van der Waals surface area contributed by atoms with E-state index in [1.165, 1.54) is 77.0 Å². The van der Waals surface area contributed by atoms with Crippen LogP contribution in [0.15, 0.2) is 0 Å². The van der Waals surface area contributed by atoms with Crippen LogP contribution < -0.4 is 5.32 Å². The van der Waals surface area contributed by atoms with Crippen LogP contribution in [-0.4, -0.2) is 76.4 Å². The highest BCUT2D eigenvalue weighted by Gasteiger charge is 2.03. The molecule has 0 bridgehead atoms. The second-order valence-corrected chi connectivity index (χ2v) is 8.32. The fourth-order valence-electron chi connectivity index (χ4n) is 3.31. The molecular weight excluding hydrogens is 426 g/mol. The summed E-state index contributed by atoms with van der Waals surface area (Å²) in [6.07, 6.45) is 17.6. The van der Waals surface area contributed by atoms with Gasteiger partial charge in [-0.05, 0) is 6.42 Å². The molecule has 8 heteroatoms. The third kappa shape index (κ3) is 28.7. The van der Waals surface area contributed by atoms with Gasteiger partial charge < -0.3 is 29.4 Å². The zero-order valence-electron chi connectivity index (χ0n) is 21.0. The van der Waals surface area contributed by atoms with Gasteiger partial charge in [0.2, 0.25) is 5.91 Å². The monoisotopic (exact) mass is 475 g/mol. The normalized spacial score (nSPS) is 11.1. The van der Waals surface area contributed by atoms with E-state index in [-0.39, 0.29) is 12.5 Å². The number of ether oxygens (including phenoxy) is 4. The van der Waals surface area contributed by atoms with Crippen molar-refractivity contribution in [1.29, 1.82) is 0 Å². The molecule has 0 aromatic carbocycles. The highest BCUT2D eigenvalue weighted by atomic mass is 16.5. The lowest BCUT2D eigenvalue weighted by molar-refractivity contribution is -0.143. The van der Waals surface area contributed by atoms with Gasteiger partial charge >= 0.3 is 5.97 Å². The van der Waals surface area contributed by atoms with Crippen LogP contribution in [0.1, 0.15) is 90.4 Å². The lowest BCUT2D eigenvalue weighted by atomic mass is 10.0. The molecule has 0 aliphatic rings. The molecule has 196 valence electrons. The predicted octanol–water partition coefficient (Wildman–Crippen LogP) is 4.34. The molecule has 0 saturated heterocycles. The van der Waals surface area contributed by atoms with Crippen LogP contribution in [-0.2, 0) is 28.5 Å². The van der Waals surface area contributed by atoms with Crippen LogP contribution >= 0.6 is 0 Å². The number of hydrogen-bond acceptors (Lipinski definition) is 6. The number of amides is 1. The summed E-state index contributed by atoms with van der Waals surface area (Å²) in [7, 11) is 0. The average molecular weight is 476 g/mol. The maximum Gasteiger partial charge on any atom is 0.329 e. The first-order chi connectivity index (χ1) is 16.2. The van der Waals surface area contributed by atoms with Gasteiger partial charge in [0.1, 0.15) is 13.2 Å². The summed E-state index contributed by atoms with van der Waals surface area (Å²) in [5.41, 5.74) is 0. The van der Waals surface area contributed by atoms with Gasteiger partial charge in [-0.3, -0.25) is 4.79 Å². The quantitative estimate of drug-likeness (QED) is 0.170. The molecule has 0 heterocycles. The van der Waals surface area contributed by atoms with Crippen LogP contribution in [0.4, 0.5) is 0 Å². The molecule has 0 spiro atoms. The summed E-state index contributed by atoms with van der Waals surface area (Å²) in [6.45, 7) is 5.11. The van der Waals surface area contributed by atoms with Gasteiger partial charge in [0.25, 0.3) is 0 Å². The first-order valence-corrected chi connectivity index (χ1v) is 13.0. The summed E-state index contributed by atoms with van der Waals surface area (Å²) >= 11 is 0. The minimum Gasteiger partial charge on any atom is -0.480 e. The Bertz CT molecular complexity index is 435. The second-order valence-electron chi connectivity index (χ2n) is 8.32. The molecule has 0 saturated carbocycles. The number of carboxylic acid groups (broad SMARTS) is 1. The van der Waals surface area contributed by atoms with Crippen molar-refractivity contribution in [1.82, 2.24) is 5.32 Å². The summed E-state index contributed by atoms with van der Waals surface area (Å²) in [5, 5.41) is 11.0. The Morgan fingerprint density at radius 2 is 1.03 bits per heavy atom. The van der Waals surface area contributed by atoms with E-state index in [1.54, 1.807) is 0 Å². The Morgan fingerprint density at radius 3 is 1.55 bits per heavy atom. The van der Waals surface area contributed by atoms with Gasteiger partial charge in [0.05, 0.1) is 33.0 Å². The van der Waals surface area contributed by atoms with Crippen molar-refractivity contribution in [3.05, 3.63) is 0 Å². The van der Waals surface area contributed by atoms with Crippen LogP contribution in [0.2, 0.25) is 0 Å². The van der Waals surface area contributed by atoms with Crippen LogP contribution in [0, 0.1) is 0 Å². The number of carboxylic acids is 1. The molecule has 0 rings (SSSR count). The van der Waals surface area contributed by atoms with Crippen molar-refractivity contribution in [2.45, 2.75) is 90.4 Å².